The molecule has 3 rings (SSSR count). The number of benzene rings is 1. The van der Waals surface area contributed by atoms with E-state index in [2.05, 4.69) is 10.5 Å². The van der Waals surface area contributed by atoms with Crippen LogP contribution in [0.15, 0.2) is 16.7 Å². The number of hydrogen-bond acceptors (Lipinski definition) is 7. The van der Waals surface area contributed by atoms with Crippen LogP contribution in [0.1, 0.15) is 40.7 Å². The summed E-state index contributed by atoms with van der Waals surface area (Å²) in [5.74, 6) is 0.941. The number of esters is 1. The smallest absolute Gasteiger partial charge is 0.340 e. The number of aryl methyl sites for hydroxylation is 2. The number of methoxy groups -OCH3 is 2. The minimum absolute atomic E-state index is 0.0153. The zero-order chi connectivity index (χ0) is 20.4. The number of nitrogens with zero attached hydrogens (tertiary/aromatic N) is 1. The van der Waals surface area contributed by atoms with Crippen LogP contribution in [0.25, 0.3) is 0 Å². The highest BCUT2D eigenvalue weighted by Crippen LogP contribution is 2.40. The van der Waals surface area contributed by atoms with Crippen LogP contribution in [0.4, 0.5) is 5.69 Å². The summed E-state index contributed by atoms with van der Waals surface area (Å²) in [4.78, 5) is 25.2. The Bertz CT molecular complexity index is 885. The van der Waals surface area contributed by atoms with Crippen LogP contribution in [0, 0.1) is 25.7 Å². The highest BCUT2D eigenvalue weighted by molar-refractivity contribution is 6.03. The van der Waals surface area contributed by atoms with E-state index in [1.807, 2.05) is 6.92 Å². The van der Waals surface area contributed by atoms with Gasteiger partial charge in [0, 0.05) is 18.1 Å². The summed E-state index contributed by atoms with van der Waals surface area (Å²) in [5, 5.41) is 6.67. The molecule has 1 aromatic heterocycles. The van der Waals surface area contributed by atoms with Gasteiger partial charge in [-0.05, 0) is 26.2 Å². The zero-order valence-electron chi connectivity index (χ0n) is 16.6. The monoisotopic (exact) mass is 388 g/mol. The summed E-state index contributed by atoms with van der Waals surface area (Å²) < 4.78 is 21.1. The van der Waals surface area contributed by atoms with Gasteiger partial charge in [0.25, 0.3) is 0 Å². The molecule has 8 nitrogen and oxygen atoms in total. The van der Waals surface area contributed by atoms with Gasteiger partial charge in [-0.25, -0.2) is 4.79 Å². The number of anilines is 1. The second-order valence-corrected chi connectivity index (χ2v) is 6.94. The number of rotatable bonds is 7. The fourth-order valence-electron chi connectivity index (χ4n) is 2.99. The summed E-state index contributed by atoms with van der Waals surface area (Å²) in [5.41, 5.74) is 1.89. The third kappa shape index (κ3) is 3.95. The molecule has 28 heavy (non-hydrogen) atoms. The van der Waals surface area contributed by atoms with Crippen LogP contribution in [-0.2, 0) is 16.1 Å². The van der Waals surface area contributed by atoms with E-state index in [1.54, 1.807) is 19.9 Å². The van der Waals surface area contributed by atoms with Crippen molar-refractivity contribution < 1.29 is 28.3 Å². The van der Waals surface area contributed by atoms with Crippen LogP contribution in [-0.4, -0.2) is 31.3 Å². The summed E-state index contributed by atoms with van der Waals surface area (Å²) in [6.07, 6.45) is 0.838. The molecule has 1 fully saturated rings. The molecule has 1 amide bonds. The van der Waals surface area contributed by atoms with Crippen molar-refractivity contribution in [2.24, 2.45) is 11.8 Å². The Morgan fingerprint density at radius 3 is 2.39 bits per heavy atom. The number of hydrogen-bond donors (Lipinski definition) is 1. The molecule has 1 saturated carbocycles. The fraction of sp³-hybridized carbons (Fsp3) is 0.450. The zero-order valence-corrected chi connectivity index (χ0v) is 16.6. The molecule has 2 atom stereocenters. The second-order valence-electron chi connectivity index (χ2n) is 6.94. The second kappa shape index (κ2) is 7.92. The first-order valence-corrected chi connectivity index (χ1v) is 9.01. The van der Waals surface area contributed by atoms with Gasteiger partial charge in [0.2, 0.25) is 5.91 Å². The first-order valence-electron chi connectivity index (χ1n) is 9.01. The molecular formula is C20H24N2O6. The van der Waals surface area contributed by atoms with Crippen molar-refractivity contribution in [3.8, 4) is 11.5 Å². The number of amides is 1. The van der Waals surface area contributed by atoms with Crippen molar-refractivity contribution >= 4 is 17.6 Å². The summed E-state index contributed by atoms with van der Waals surface area (Å²) in [6.45, 7) is 5.56. The predicted molar refractivity (Wildman–Crippen MR) is 101 cm³/mol. The van der Waals surface area contributed by atoms with Crippen LogP contribution in [0.5, 0.6) is 11.5 Å². The van der Waals surface area contributed by atoms with Crippen LogP contribution in [0.2, 0.25) is 0 Å². The Labute approximate surface area is 163 Å². The first kappa shape index (κ1) is 19.7. The van der Waals surface area contributed by atoms with E-state index in [0.717, 1.165) is 6.42 Å². The van der Waals surface area contributed by atoms with Gasteiger partial charge in [0.05, 0.1) is 36.7 Å². The molecule has 150 valence electrons. The lowest BCUT2D eigenvalue weighted by Crippen LogP contribution is -2.18. The van der Waals surface area contributed by atoms with Crippen molar-refractivity contribution in [3.63, 3.8) is 0 Å². The van der Waals surface area contributed by atoms with Crippen molar-refractivity contribution in [1.82, 2.24) is 5.16 Å². The molecule has 0 spiro atoms. The molecule has 0 saturated heterocycles. The van der Waals surface area contributed by atoms with Crippen LogP contribution >= 0.6 is 0 Å². The maximum Gasteiger partial charge on any atom is 0.340 e. The highest BCUT2D eigenvalue weighted by atomic mass is 16.5. The van der Waals surface area contributed by atoms with E-state index in [-0.39, 0.29) is 24.0 Å². The molecule has 2 unspecified atom stereocenters. The number of nitrogens with one attached hydrogen (secondary N) is 1. The molecule has 1 aliphatic carbocycles. The lowest BCUT2D eigenvalue weighted by atomic mass is 10.1. The molecule has 0 bridgehead atoms. The normalized spacial score (nSPS) is 17.8. The van der Waals surface area contributed by atoms with Crippen molar-refractivity contribution in [2.75, 3.05) is 19.5 Å². The molecular weight excluding hydrogens is 364 g/mol. The quantitative estimate of drug-likeness (QED) is 0.727. The Hall–Kier alpha value is -3.03. The molecule has 0 aliphatic heterocycles. The standard InChI is InChI=1S/C20H24N2O6/c1-10-6-13(10)19(23)21-16-8-18(26-5)17(25-4)7-14(16)20(24)27-9-15-11(2)22-28-12(15)3/h7-8,10,13H,6,9H2,1-5H3,(H,21,23). The molecule has 1 N–H and O–H groups in total. The SMILES string of the molecule is COc1cc(NC(=O)C2CC2C)c(C(=O)OCc2c(C)noc2C)cc1OC. The lowest BCUT2D eigenvalue weighted by Gasteiger charge is -2.15. The van der Waals surface area contributed by atoms with E-state index in [1.165, 1.54) is 20.3 Å². The van der Waals surface area contributed by atoms with Gasteiger partial charge in [-0.3, -0.25) is 4.79 Å². The third-order valence-corrected chi connectivity index (χ3v) is 4.98. The van der Waals surface area contributed by atoms with E-state index in [0.29, 0.717) is 40.1 Å². The maximum absolute atomic E-state index is 12.8. The van der Waals surface area contributed by atoms with Gasteiger partial charge in [0.1, 0.15) is 12.4 Å². The number of ether oxygens (including phenoxy) is 3. The summed E-state index contributed by atoms with van der Waals surface area (Å²) in [7, 11) is 2.96. The van der Waals surface area contributed by atoms with E-state index >= 15 is 0 Å². The van der Waals surface area contributed by atoms with E-state index < -0.39 is 5.97 Å². The van der Waals surface area contributed by atoms with Crippen LogP contribution < -0.4 is 14.8 Å². The maximum atomic E-state index is 12.8. The van der Waals surface area contributed by atoms with Gasteiger partial charge in [-0.2, -0.15) is 0 Å². The topological polar surface area (TPSA) is 99.9 Å². The van der Waals surface area contributed by atoms with Crippen molar-refractivity contribution in [2.45, 2.75) is 33.8 Å². The van der Waals surface area contributed by atoms with Crippen molar-refractivity contribution in [3.05, 3.63) is 34.7 Å². The Morgan fingerprint density at radius 1 is 1.21 bits per heavy atom. The fourth-order valence-corrected chi connectivity index (χ4v) is 2.99. The minimum Gasteiger partial charge on any atom is -0.493 e. The molecule has 0 radical (unpaired) electrons. The Balaban J connectivity index is 1.86. The Kier molecular flexibility index (Phi) is 5.58. The first-order chi connectivity index (χ1) is 13.3. The number of carbonyl (C=O) groups excluding carboxylic acids is 2. The van der Waals surface area contributed by atoms with Crippen molar-refractivity contribution in [1.29, 1.82) is 0 Å². The molecule has 1 aromatic carbocycles. The van der Waals surface area contributed by atoms with Gasteiger partial charge in [0.15, 0.2) is 11.5 Å². The summed E-state index contributed by atoms with van der Waals surface area (Å²) in [6, 6.07) is 3.07. The summed E-state index contributed by atoms with van der Waals surface area (Å²) >= 11 is 0. The molecule has 1 aliphatic rings. The van der Waals surface area contributed by atoms with E-state index in [4.69, 9.17) is 18.7 Å². The molecule has 2 aromatic rings. The van der Waals surface area contributed by atoms with Gasteiger partial charge in [-0.15, -0.1) is 0 Å². The number of aromatic nitrogens is 1. The molecule has 1 heterocycles. The largest absolute Gasteiger partial charge is 0.493 e. The van der Waals surface area contributed by atoms with E-state index in [9.17, 15) is 9.59 Å². The Morgan fingerprint density at radius 2 is 1.86 bits per heavy atom. The average molecular weight is 388 g/mol. The van der Waals surface area contributed by atoms with Gasteiger partial charge >= 0.3 is 5.97 Å². The highest BCUT2D eigenvalue weighted by Gasteiger charge is 2.39. The lowest BCUT2D eigenvalue weighted by molar-refractivity contribution is -0.117. The third-order valence-electron chi connectivity index (χ3n) is 4.98. The minimum atomic E-state index is -0.597. The average Bonchev–Trinajstić information content (AvgIpc) is 3.33. The van der Waals surface area contributed by atoms with Gasteiger partial charge < -0.3 is 24.1 Å². The van der Waals surface area contributed by atoms with Gasteiger partial charge in [-0.1, -0.05) is 12.1 Å². The predicted octanol–water partition coefficient (Wildman–Crippen LogP) is 3.26. The molecule has 8 heteroatoms. The number of carbonyl (C=O) groups is 2. The van der Waals surface area contributed by atoms with Crippen LogP contribution in [0.3, 0.4) is 0 Å².